The maximum absolute atomic E-state index is 11.4. The van der Waals surface area contributed by atoms with Crippen LogP contribution < -0.4 is 0 Å². The molecule has 1 atom stereocenters. The largest absolute Gasteiger partial charge is 0.481 e. The summed E-state index contributed by atoms with van der Waals surface area (Å²) in [5.41, 5.74) is 0. The molecule has 0 aromatic rings. The van der Waals surface area contributed by atoms with Gasteiger partial charge in [-0.3, -0.25) is 4.79 Å². The third-order valence-electron chi connectivity index (χ3n) is 6.32. The third-order valence-corrected chi connectivity index (χ3v) is 6.32. The molecule has 2 heteroatoms. The molecule has 0 aromatic heterocycles. The molecule has 0 spiro atoms. The van der Waals surface area contributed by atoms with Gasteiger partial charge in [0.05, 0.1) is 5.92 Å². The van der Waals surface area contributed by atoms with Gasteiger partial charge in [0, 0.05) is 0 Å². The number of hydrogen-bond donors (Lipinski definition) is 1. The molecular weight excluding hydrogens is 368 g/mol. The van der Waals surface area contributed by atoms with E-state index in [4.69, 9.17) is 0 Å². The molecule has 0 heterocycles. The predicted octanol–water partition coefficient (Wildman–Crippen LogP) is 9.87. The molecule has 0 aliphatic rings. The molecule has 30 heavy (non-hydrogen) atoms. The molecule has 0 fully saturated rings. The molecule has 0 amide bonds. The third kappa shape index (κ3) is 21.9. The van der Waals surface area contributed by atoms with E-state index in [2.05, 4.69) is 26.0 Å². The molecule has 0 saturated carbocycles. The average Bonchev–Trinajstić information content (AvgIpc) is 2.74. The van der Waals surface area contributed by atoms with Crippen LogP contribution in [0.5, 0.6) is 0 Å². The van der Waals surface area contributed by atoms with E-state index in [1.54, 1.807) is 0 Å². The monoisotopic (exact) mass is 422 g/mol. The number of carboxylic acids is 1. The molecule has 2 nitrogen and oxygen atoms in total. The van der Waals surface area contributed by atoms with Crippen LogP contribution in [0, 0.1) is 5.92 Å². The smallest absolute Gasteiger partial charge is 0.306 e. The Morgan fingerprint density at radius 2 is 0.900 bits per heavy atom. The second-order valence-electron chi connectivity index (χ2n) is 9.32. The van der Waals surface area contributed by atoms with Crippen molar-refractivity contribution in [3.63, 3.8) is 0 Å². The molecule has 0 bridgehead atoms. The van der Waals surface area contributed by atoms with Gasteiger partial charge in [-0.05, 0) is 38.5 Å². The van der Waals surface area contributed by atoms with Gasteiger partial charge in [-0.1, -0.05) is 129 Å². The molecule has 0 rings (SSSR count). The van der Waals surface area contributed by atoms with Crippen LogP contribution in [0.15, 0.2) is 12.2 Å². The van der Waals surface area contributed by atoms with Crippen LogP contribution in [-0.4, -0.2) is 11.1 Å². The van der Waals surface area contributed by atoms with Gasteiger partial charge in [0.25, 0.3) is 0 Å². The SMILES string of the molecule is CCCCCCCC/C=C\CCCCCCCCCCC(CCCCCC)C(=O)O. The second-order valence-corrected chi connectivity index (χ2v) is 9.32. The highest BCUT2D eigenvalue weighted by Crippen LogP contribution is 2.19. The minimum absolute atomic E-state index is 0.101. The number of aliphatic carboxylic acids is 1. The van der Waals surface area contributed by atoms with E-state index in [9.17, 15) is 9.90 Å². The number of rotatable bonds is 24. The Morgan fingerprint density at radius 3 is 1.30 bits per heavy atom. The van der Waals surface area contributed by atoms with Crippen molar-refractivity contribution in [3.05, 3.63) is 12.2 Å². The lowest BCUT2D eigenvalue weighted by atomic mass is 9.94. The fourth-order valence-electron chi connectivity index (χ4n) is 4.20. The lowest BCUT2D eigenvalue weighted by molar-refractivity contribution is -0.142. The van der Waals surface area contributed by atoms with Gasteiger partial charge in [0.1, 0.15) is 0 Å². The topological polar surface area (TPSA) is 37.3 Å². The zero-order valence-electron chi connectivity index (χ0n) is 20.6. The Labute approximate surface area is 189 Å². The summed E-state index contributed by atoms with van der Waals surface area (Å²) < 4.78 is 0. The first-order valence-electron chi connectivity index (χ1n) is 13.6. The van der Waals surface area contributed by atoms with Gasteiger partial charge >= 0.3 is 5.97 Å². The maximum atomic E-state index is 11.4. The van der Waals surface area contributed by atoms with Crippen LogP contribution in [0.4, 0.5) is 0 Å². The minimum Gasteiger partial charge on any atom is -0.481 e. The maximum Gasteiger partial charge on any atom is 0.306 e. The number of carbonyl (C=O) groups is 1. The van der Waals surface area contributed by atoms with Crippen molar-refractivity contribution < 1.29 is 9.90 Å². The second kappa shape index (κ2) is 24.5. The lowest BCUT2D eigenvalue weighted by Crippen LogP contribution is -2.13. The molecule has 1 unspecified atom stereocenters. The molecule has 0 radical (unpaired) electrons. The van der Waals surface area contributed by atoms with Crippen LogP contribution in [0.1, 0.15) is 155 Å². The predicted molar refractivity (Wildman–Crippen MR) is 133 cm³/mol. The molecule has 0 saturated heterocycles. The number of allylic oxidation sites excluding steroid dienone is 2. The summed E-state index contributed by atoms with van der Waals surface area (Å²) >= 11 is 0. The van der Waals surface area contributed by atoms with Crippen LogP contribution in [0.25, 0.3) is 0 Å². The van der Waals surface area contributed by atoms with Crippen LogP contribution in [0.3, 0.4) is 0 Å². The highest BCUT2D eigenvalue weighted by atomic mass is 16.4. The fraction of sp³-hybridized carbons (Fsp3) is 0.893. The first kappa shape index (κ1) is 29.2. The van der Waals surface area contributed by atoms with E-state index in [-0.39, 0.29) is 5.92 Å². The summed E-state index contributed by atoms with van der Waals surface area (Å²) in [4.78, 5) is 11.4. The summed E-state index contributed by atoms with van der Waals surface area (Å²) in [6.07, 6.45) is 32.5. The molecule has 178 valence electrons. The van der Waals surface area contributed by atoms with E-state index in [0.717, 1.165) is 25.7 Å². The first-order chi connectivity index (χ1) is 14.7. The molecule has 0 aliphatic carbocycles. The summed E-state index contributed by atoms with van der Waals surface area (Å²) in [5, 5.41) is 9.37. The van der Waals surface area contributed by atoms with E-state index in [1.807, 2.05) is 0 Å². The highest BCUT2D eigenvalue weighted by molar-refractivity contribution is 5.69. The Hall–Kier alpha value is -0.790. The summed E-state index contributed by atoms with van der Waals surface area (Å²) in [6.45, 7) is 4.47. The summed E-state index contributed by atoms with van der Waals surface area (Å²) in [7, 11) is 0. The van der Waals surface area contributed by atoms with Crippen LogP contribution in [0.2, 0.25) is 0 Å². The van der Waals surface area contributed by atoms with Crippen LogP contribution >= 0.6 is 0 Å². The van der Waals surface area contributed by atoms with Crippen molar-refractivity contribution in [1.82, 2.24) is 0 Å². The number of unbranched alkanes of at least 4 members (excludes halogenated alkanes) is 17. The normalized spacial score (nSPS) is 12.6. The van der Waals surface area contributed by atoms with E-state index in [0.29, 0.717) is 0 Å². The molecule has 0 aromatic carbocycles. The summed E-state index contributed by atoms with van der Waals surface area (Å²) in [6, 6.07) is 0. The van der Waals surface area contributed by atoms with Crippen molar-refractivity contribution in [2.24, 2.45) is 5.92 Å². The van der Waals surface area contributed by atoms with Crippen LogP contribution in [-0.2, 0) is 4.79 Å². The van der Waals surface area contributed by atoms with Crippen molar-refractivity contribution in [2.75, 3.05) is 0 Å². The van der Waals surface area contributed by atoms with Crippen molar-refractivity contribution in [3.8, 4) is 0 Å². The lowest BCUT2D eigenvalue weighted by Gasteiger charge is -2.12. The van der Waals surface area contributed by atoms with E-state index in [1.165, 1.54) is 116 Å². The molecule has 0 aliphatic heterocycles. The summed E-state index contributed by atoms with van der Waals surface area (Å²) in [5.74, 6) is -0.677. The highest BCUT2D eigenvalue weighted by Gasteiger charge is 2.16. The fourth-order valence-corrected chi connectivity index (χ4v) is 4.20. The Bertz CT molecular complexity index is 375. The average molecular weight is 423 g/mol. The minimum atomic E-state index is -0.576. The Kier molecular flexibility index (Phi) is 23.8. The van der Waals surface area contributed by atoms with Gasteiger partial charge in [-0.25, -0.2) is 0 Å². The van der Waals surface area contributed by atoms with Gasteiger partial charge in [-0.2, -0.15) is 0 Å². The Balaban J connectivity index is 3.35. The molecular formula is C28H54O2. The van der Waals surface area contributed by atoms with Crippen molar-refractivity contribution in [1.29, 1.82) is 0 Å². The zero-order chi connectivity index (χ0) is 22.1. The van der Waals surface area contributed by atoms with Crippen molar-refractivity contribution >= 4 is 5.97 Å². The van der Waals surface area contributed by atoms with Gasteiger partial charge < -0.3 is 5.11 Å². The quantitative estimate of drug-likeness (QED) is 0.124. The van der Waals surface area contributed by atoms with E-state index >= 15 is 0 Å². The van der Waals surface area contributed by atoms with Gasteiger partial charge in [-0.15, -0.1) is 0 Å². The van der Waals surface area contributed by atoms with Gasteiger partial charge in [0.2, 0.25) is 0 Å². The first-order valence-corrected chi connectivity index (χ1v) is 13.6. The standard InChI is InChI=1S/C28H54O2/c1-3-5-7-9-10-11-12-13-14-15-16-17-18-19-20-21-22-24-26-27(28(29)30)25-23-8-6-4-2/h13-14,27H,3-12,15-26H2,1-2H3,(H,29,30)/b14-13-. The van der Waals surface area contributed by atoms with E-state index < -0.39 is 5.97 Å². The number of carboxylic acid groups (broad SMARTS) is 1. The Morgan fingerprint density at radius 1 is 0.567 bits per heavy atom. The number of hydrogen-bond acceptors (Lipinski definition) is 1. The molecule has 1 N–H and O–H groups in total. The zero-order valence-corrected chi connectivity index (χ0v) is 20.6. The van der Waals surface area contributed by atoms with Crippen molar-refractivity contribution in [2.45, 2.75) is 155 Å². The van der Waals surface area contributed by atoms with Gasteiger partial charge in [0.15, 0.2) is 0 Å².